The lowest BCUT2D eigenvalue weighted by molar-refractivity contribution is 0.590. The Hall–Kier alpha value is -1.31. The maximum atomic E-state index is 6.30. The summed E-state index contributed by atoms with van der Waals surface area (Å²) in [5, 5.41) is 0.734. The van der Waals surface area contributed by atoms with Gasteiger partial charge in [-0.05, 0) is 40.7 Å². The smallest absolute Gasteiger partial charge is 0.0459 e. The number of hydrogen-bond acceptors (Lipinski definition) is 1. The molecule has 1 nitrogen and oxygen atoms in total. The number of benzene rings is 2. The van der Waals surface area contributed by atoms with Crippen LogP contribution in [0.5, 0.6) is 0 Å². The molecular formula is C18H22ClN. The maximum absolute atomic E-state index is 6.30. The van der Waals surface area contributed by atoms with Crippen molar-refractivity contribution >= 4 is 11.6 Å². The minimum Gasteiger partial charge on any atom is -0.324 e. The van der Waals surface area contributed by atoms with Crippen molar-refractivity contribution in [1.29, 1.82) is 0 Å². The van der Waals surface area contributed by atoms with Gasteiger partial charge in [0.25, 0.3) is 0 Å². The first kappa shape index (κ1) is 15.1. The van der Waals surface area contributed by atoms with E-state index in [4.69, 9.17) is 17.3 Å². The molecule has 2 aromatic carbocycles. The van der Waals surface area contributed by atoms with E-state index in [1.807, 2.05) is 19.1 Å². The Kier molecular flexibility index (Phi) is 4.22. The molecule has 0 heterocycles. The third kappa shape index (κ3) is 3.23. The molecule has 0 saturated heterocycles. The number of nitrogens with two attached hydrogens (primary N) is 1. The highest BCUT2D eigenvalue weighted by Gasteiger charge is 2.13. The minimum atomic E-state index is -0.0418. The number of hydrogen-bond donors (Lipinski definition) is 1. The topological polar surface area (TPSA) is 26.0 Å². The molecule has 106 valence electrons. The van der Waals surface area contributed by atoms with Crippen molar-refractivity contribution in [3.63, 3.8) is 0 Å². The second-order valence-corrected chi connectivity index (χ2v) is 6.76. The van der Waals surface area contributed by atoms with Gasteiger partial charge in [-0.3, -0.25) is 0 Å². The lowest BCUT2D eigenvalue weighted by Gasteiger charge is -2.19. The molecular weight excluding hydrogens is 266 g/mol. The Morgan fingerprint density at radius 2 is 1.50 bits per heavy atom. The van der Waals surface area contributed by atoms with Crippen LogP contribution in [-0.4, -0.2) is 0 Å². The van der Waals surface area contributed by atoms with Gasteiger partial charge in [0.15, 0.2) is 0 Å². The van der Waals surface area contributed by atoms with Crippen LogP contribution in [0.3, 0.4) is 0 Å². The van der Waals surface area contributed by atoms with Crippen LogP contribution in [0.4, 0.5) is 0 Å². The van der Waals surface area contributed by atoms with E-state index in [1.165, 1.54) is 11.1 Å². The summed E-state index contributed by atoms with van der Waals surface area (Å²) in [6.45, 7) is 8.60. The molecule has 0 amide bonds. The van der Waals surface area contributed by atoms with Crippen molar-refractivity contribution < 1.29 is 0 Å². The summed E-state index contributed by atoms with van der Waals surface area (Å²) >= 11 is 6.30. The van der Waals surface area contributed by atoms with E-state index in [0.29, 0.717) is 0 Å². The van der Waals surface area contributed by atoms with Crippen molar-refractivity contribution in [2.75, 3.05) is 0 Å². The van der Waals surface area contributed by atoms with Crippen LogP contribution in [-0.2, 0) is 5.41 Å². The molecule has 0 aliphatic rings. The van der Waals surface area contributed by atoms with Crippen molar-refractivity contribution in [2.45, 2.75) is 39.2 Å². The van der Waals surface area contributed by atoms with Gasteiger partial charge < -0.3 is 5.73 Å². The van der Waals surface area contributed by atoms with Gasteiger partial charge >= 0.3 is 0 Å². The van der Waals surface area contributed by atoms with Gasteiger partial charge in [0.1, 0.15) is 0 Å². The molecule has 0 aliphatic heterocycles. The molecule has 1 unspecified atom stereocenters. The Morgan fingerprint density at radius 3 is 1.95 bits per heavy atom. The van der Waals surface area contributed by atoms with Gasteiger partial charge in [-0.15, -0.1) is 0 Å². The van der Waals surface area contributed by atoms with Crippen LogP contribution in [0.15, 0.2) is 42.5 Å². The first-order valence-corrected chi connectivity index (χ1v) is 7.33. The highest BCUT2D eigenvalue weighted by atomic mass is 35.5. The molecule has 0 aromatic heterocycles. The predicted molar refractivity (Wildman–Crippen MR) is 88.2 cm³/mol. The van der Waals surface area contributed by atoms with E-state index in [9.17, 15) is 0 Å². The quantitative estimate of drug-likeness (QED) is 0.794. The zero-order chi connectivity index (χ0) is 14.9. The predicted octanol–water partition coefficient (Wildman–Crippen LogP) is 5.32. The molecule has 2 aromatic rings. The fraction of sp³-hybridized carbons (Fsp3) is 0.333. The molecule has 0 saturated carbocycles. The van der Waals surface area contributed by atoms with E-state index in [0.717, 1.165) is 16.1 Å². The molecule has 1 atom stereocenters. The molecule has 2 rings (SSSR count). The second-order valence-electron chi connectivity index (χ2n) is 6.35. The molecule has 0 spiro atoms. The van der Waals surface area contributed by atoms with Crippen LogP contribution in [0.25, 0.3) is 11.1 Å². The van der Waals surface area contributed by atoms with E-state index >= 15 is 0 Å². The molecule has 2 heteroatoms. The third-order valence-electron chi connectivity index (χ3n) is 3.58. The summed E-state index contributed by atoms with van der Waals surface area (Å²) < 4.78 is 0. The molecule has 0 aliphatic carbocycles. The molecule has 0 radical (unpaired) electrons. The zero-order valence-electron chi connectivity index (χ0n) is 12.6. The van der Waals surface area contributed by atoms with E-state index in [2.05, 4.69) is 51.1 Å². The summed E-state index contributed by atoms with van der Waals surface area (Å²) in [4.78, 5) is 0. The van der Waals surface area contributed by atoms with Crippen LogP contribution >= 0.6 is 11.6 Å². The van der Waals surface area contributed by atoms with E-state index < -0.39 is 0 Å². The van der Waals surface area contributed by atoms with Gasteiger partial charge in [0, 0.05) is 11.1 Å². The van der Waals surface area contributed by atoms with Gasteiger partial charge in [0.05, 0.1) is 0 Å². The molecule has 0 fully saturated rings. The lowest BCUT2D eigenvalue weighted by atomic mass is 9.86. The van der Waals surface area contributed by atoms with Crippen molar-refractivity contribution in [3.8, 4) is 11.1 Å². The first-order valence-electron chi connectivity index (χ1n) is 6.95. The highest BCUT2D eigenvalue weighted by Crippen LogP contribution is 2.30. The maximum Gasteiger partial charge on any atom is 0.0459 e. The minimum absolute atomic E-state index is 0.0418. The molecule has 20 heavy (non-hydrogen) atoms. The highest BCUT2D eigenvalue weighted by molar-refractivity contribution is 6.31. The van der Waals surface area contributed by atoms with Crippen LogP contribution in [0.2, 0.25) is 5.02 Å². The molecule has 0 bridgehead atoms. The Morgan fingerprint density at radius 1 is 0.950 bits per heavy atom. The van der Waals surface area contributed by atoms with Crippen LogP contribution < -0.4 is 5.73 Å². The second kappa shape index (κ2) is 5.59. The Bertz CT molecular complexity index is 592. The first-order chi connectivity index (χ1) is 9.29. The SMILES string of the molecule is CC(N)c1ccc(-c2ccc(C(C)(C)C)cc2)cc1Cl. The third-order valence-corrected chi connectivity index (χ3v) is 3.90. The monoisotopic (exact) mass is 287 g/mol. The van der Waals surface area contributed by atoms with Crippen molar-refractivity contribution in [3.05, 3.63) is 58.6 Å². The summed E-state index contributed by atoms with van der Waals surface area (Å²) in [5.74, 6) is 0. The number of rotatable bonds is 2. The summed E-state index contributed by atoms with van der Waals surface area (Å²) in [7, 11) is 0. The van der Waals surface area contributed by atoms with Gasteiger partial charge in [-0.1, -0.05) is 68.8 Å². The van der Waals surface area contributed by atoms with E-state index in [1.54, 1.807) is 0 Å². The average molecular weight is 288 g/mol. The summed E-state index contributed by atoms with van der Waals surface area (Å²) in [6.07, 6.45) is 0. The van der Waals surface area contributed by atoms with Crippen LogP contribution in [0, 0.1) is 0 Å². The summed E-state index contributed by atoms with van der Waals surface area (Å²) in [5.41, 5.74) is 10.7. The summed E-state index contributed by atoms with van der Waals surface area (Å²) in [6, 6.07) is 14.7. The largest absolute Gasteiger partial charge is 0.324 e. The standard InChI is InChI=1S/C18H22ClN/c1-12(20)16-10-7-14(11-17(16)19)13-5-8-15(9-6-13)18(2,3)4/h5-12H,20H2,1-4H3. The Labute approximate surface area is 126 Å². The zero-order valence-corrected chi connectivity index (χ0v) is 13.3. The van der Waals surface area contributed by atoms with Gasteiger partial charge in [0.2, 0.25) is 0 Å². The van der Waals surface area contributed by atoms with E-state index in [-0.39, 0.29) is 11.5 Å². The fourth-order valence-corrected chi connectivity index (χ4v) is 2.59. The van der Waals surface area contributed by atoms with Crippen molar-refractivity contribution in [1.82, 2.24) is 0 Å². The van der Waals surface area contributed by atoms with Crippen molar-refractivity contribution in [2.24, 2.45) is 5.73 Å². The lowest BCUT2D eigenvalue weighted by Crippen LogP contribution is -2.10. The van der Waals surface area contributed by atoms with Gasteiger partial charge in [-0.2, -0.15) is 0 Å². The molecule has 2 N–H and O–H groups in total. The van der Waals surface area contributed by atoms with Gasteiger partial charge in [-0.25, -0.2) is 0 Å². The Balaban J connectivity index is 2.35. The normalized spacial score (nSPS) is 13.3. The average Bonchev–Trinajstić information content (AvgIpc) is 2.37. The number of halogens is 1. The fourth-order valence-electron chi connectivity index (χ4n) is 2.24. The van der Waals surface area contributed by atoms with Crippen LogP contribution in [0.1, 0.15) is 44.9 Å².